The second-order valence-corrected chi connectivity index (χ2v) is 1.88. The summed E-state index contributed by atoms with van der Waals surface area (Å²) < 4.78 is 0. The molecule has 0 radical (unpaired) electrons. The van der Waals surface area contributed by atoms with E-state index in [1.54, 1.807) is 6.92 Å². The molecule has 0 heterocycles. The molecule has 0 amide bonds. The van der Waals surface area contributed by atoms with Crippen LogP contribution in [0.3, 0.4) is 0 Å². The standard InChI is InChI=1S/C6H13N3.ClH/c1-5(6(8)9)3-2-4-7;/h3H,2,4,7H2,1H3,(H3,8,9);1H. The smallest absolute Gasteiger partial charge is 0.117 e. The summed E-state index contributed by atoms with van der Waals surface area (Å²) in [5.74, 6) is 0.128. The third-order valence-electron chi connectivity index (χ3n) is 1.04. The molecule has 0 aliphatic rings. The van der Waals surface area contributed by atoms with Crippen LogP contribution in [0.1, 0.15) is 13.3 Å². The lowest BCUT2D eigenvalue weighted by molar-refractivity contribution is 1.00. The van der Waals surface area contributed by atoms with Gasteiger partial charge in [-0.1, -0.05) is 6.08 Å². The van der Waals surface area contributed by atoms with Crippen LogP contribution in [-0.4, -0.2) is 12.4 Å². The van der Waals surface area contributed by atoms with Gasteiger partial charge in [-0.2, -0.15) is 0 Å². The minimum absolute atomic E-state index is 0. The van der Waals surface area contributed by atoms with Crippen molar-refractivity contribution in [3.63, 3.8) is 0 Å². The van der Waals surface area contributed by atoms with Gasteiger partial charge >= 0.3 is 0 Å². The quantitative estimate of drug-likeness (QED) is 0.422. The van der Waals surface area contributed by atoms with Gasteiger partial charge in [0.2, 0.25) is 0 Å². The Hall–Kier alpha value is -0.540. The highest BCUT2D eigenvalue weighted by Gasteiger charge is 1.88. The number of hydrogen-bond donors (Lipinski definition) is 3. The predicted octanol–water partition coefficient (Wildman–Crippen LogP) is 0.639. The monoisotopic (exact) mass is 163 g/mol. The van der Waals surface area contributed by atoms with Crippen molar-refractivity contribution < 1.29 is 0 Å². The number of hydrogen-bond acceptors (Lipinski definition) is 2. The van der Waals surface area contributed by atoms with Gasteiger partial charge in [-0.25, -0.2) is 0 Å². The highest BCUT2D eigenvalue weighted by atomic mass is 35.5. The number of amidine groups is 1. The van der Waals surface area contributed by atoms with E-state index in [-0.39, 0.29) is 18.2 Å². The molecule has 0 aromatic heterocycles. The fraction of sp³-hybridized carbons (Fsp3) is 0.500. The zero-order valence-corrected chi connectivity index (χ0v) is 6.87. The van der Waals surface area contributed by atoms with Gasteiger partial charge < -0.3 is 11.5 Å². The Bertz CT molecular complexity index is 131. The lowest BCUT2D eigenvalue weighted by Crippen LogP contribution is -2.11. The molecule has 10 heavy (non-hydrogen) atoms. The molecule has 0 aliphatic carbocycles. The minimum Gasteiger partial charge on any atom is -0.384 e. The maximum Gasteiger partial charge on any atom is 0.117 e. The average molecular weight is 164 g/mol. The molecule has 0 spiro atoms. The second kappa shape index (κ2) is 6.58. The minimum atomic E-state index is 0. The SMILES string of the molecule is CC(=CCCN)C(=N)N.Cl. The van der Waals surface area contributed by atoms with E-state index >= 15 is 0 Å². The molecule has 0 bridgehead atoms. The molecule has 5 N–H and O–H groups in total. The summed E-state index contributed by atoms with van der Waals surface area (Å²) in [5, 5.41) is 6.95. The zero-order chi connectivity index (χ0) is 7.28. The lowest BCUT2D eigenvalue weighted by Gasteiger charge is -1.94. The van der Waals surface area contributed by atoms with E-state index in [2.05, 4.69) is 0 Å². The van der Waals surface area contributed by atoms with Crippen LogP contribution in [0.15, 0.2) is 11.6 Å². The summed E-state index contributed by atoms with van der Waals surface area (Å²) in [5.41, 5.74) is 11.2. The van der Waals surface area contributed by atoms with E-state index in [0.29, 0.717) is 6.54 Å². The molecule has 0 aromatic carbocycles. The van der Waals surface area contributed by atoms with Crippen molar-refractivity contribution in [1.29, 1.82) is 5.41 Å². The Balaban J connectivity index is 0. The van der Waals surface area contributed by atoms with Gasteiger partial charge in [0.1, 0.15) is 5.84 Å². The molecule has 4 heteroatoms. The van der Waals surface area contributed by atoms with Crippen molar-refractivity contribution in [2.75, 3.05) is 6.54 Å². The summed E-state index contributed by atoms with van der Waals surface area (Å²) >= 11 is 0. The van der Waals surface area contributed by atoms with Crippen molar-refractivity contribution in [2.45, 2.75) is 13.3 Å². The molecule has 0 saturated heterocycles. The van der Waals surface area contributed by atoms with Gasteiger partial charge in [-0.3, -0.25) is 5.41 Å². The Labute approximate surface area is 67.4 Å². The fourth-order valence-corrected chi connectivity index (χ4v) is 0.410. The molecule has 0 aromatic rings. The fourth-order valence-electron chi connectivity index (χ4n) is 0.410. The zero-order valence-electron chi connectivity index (χ0n) is 6.05. The van der Waals surface area contributed by atoms with Crippen LogP contribution in [0, 0.1) is 5.41 Å². The third kappa shape index (κ3) is 5.59. The molecule has 0 fully saturated rings. The van der Waals surface area contributed by atoms with Crippen LogP contribution in [-0.2, 0) is 0 Å². The van der Waals surface area contributed by atoms with Gasteiger partial charge in [0.05, 0.1) is 0 Å². The highest BCUT2D eigenvalue weighted by Crippen LogP contribution is 1.91. The third-order valence-corrected chi connectivity index (χ3v) is 1.04. The van der Waals surface area contributed by atoms with Crippen LogP contribution in [0.4, 0.5) is 0 Å². The number of rotatable bonds is 3. The van der Waals surface area contributed by atoms with Crippen LogP contribution in [0.2, 0.25) is 0 Å². The first-order chi connectivity index (χ1) is 4.18. The Morgan fingerprint density at radius 1 is 1.60 bits per heavy atom. The number of halogens is 1. The molecular weight excluding hydrogens is 150 g/mol. The average Bonchev–Trinajstić information content (AvgIpc) is 1.82. The van der Waals surface area contributed by atoms with Gasteiger partial charge in [-0.05, 0) is 25.5 Å². The Kier molecular flexibility index (Phi) is 8.00. The normalized spacial score (nSPS) is 10.4. The number of nitrogens with two attached hydrogens (primary N) is 2. The molecule has 0 saturated carbocycles. The highest BCUT2D eigenvalue weighted by molar-refractivity contribution is 5.93. The first-order valence-corrected chi connectivity index (χ1v) is 2.89. The molecule has 0 unspecified atom stereocenters. The van der Waals surface area contributed by atoms with Crippen LogP contribution < -0.4 is 11.5 Å². The summed E-state index contributed by atoms with van der Waals surface area (Å²) in [7, 11) is 0. The van der Waals surface area contributed by atoms with E-state index < -0.39 is 0 Å². The summed E-state index contributed by atoms with van der Waals surface area (Å²) in [6, 6.07) is 0. The van der Waals surface area contributed by atoms with Crippen molar-refractivity contribution in [3.05, 3.63) is 11.6 Å². The summed E-state index contributed by atoms with van der Waals surface area (Å²) in [4.78, 5) is 0. The predicted molar refractivity (Wildman–Crippen MR) is 46.6 cm³/mol. The van der Waals surface area contributed by atoms with Gasteiger partial charge in [0.15, 0.2) is 0 Å². The van der Waals surface area contributed by atoms with Crippen LogP contribution >= 0.6 is 12.4 Å². The molecule has 60 valence electrons. The Morgan fingerprint density at radius 2 is 2.10 bits per heavy atom. The Morgan fingerprint density at radius 3 is 2.40 bits per heavy atom. The molecule has 0 atom stereocenters. The van der Waals surface area contributed by atoms with Crippen molar-refractivity contribution in [2.24, 2.45) is 11.5 Å². The lowest BCUT2D eigenvalue weighted by atomic mass is 10.2. The van der Waals surface area contributed by atoms with Crippen molar-refractivity contribution in [3.8, 4) is 0 Å². The van der Waals surface area contributed by atoms with Crippen LogP contribution in [0.5, 0.6) is 0 Å². The largest absolute Gasteiger partial charge is 0.384 e. The van der Waals surface area contributed by atoms with Crippen molar-refractivity contribution in [1.82, 2.24) is 0 Å². The first kappa shape index (κ1) is 12.2. The van der Waals surface area contributed by atoms with Crippen LogP contribution in [0.25, 0.3) is 0 Å². The molecule has 3 nitrogen and oxygen atoms in total. The van der Waals surface area contributed by atoms with E-state index in [0.717, 1.165) is 12.0 Å². The summed E-state index contributed by atoms with van der Waals surface area (Å²) in [6.07, 6.45) is 2.66. The number of nitrogens with one attached hydrogen (secondary N) is 1. The van der Waals surface area contributed by atoms with Gasteiger partial charge in [-0.15, -0.1) is 12.4 Å². The van der Waals surface area contributed by atoms with Gasteiger partial charge in [0.25, 0.3) is 0 Å². The maximum atomic E-state index is 6.95. The van der Waals surface area contributed by atoms with E-state index in [1.165, 1.54) is 0 Å². The molecule has 0 aliphatic heterocycles. The van der Waals surface area contributed by atoms with Crippen molar-refractivity contribution >= 4 is 18.2 Å². The van der Waals surface area contributed by atoms with E-state index in [4.69, 9.17) is 16.9 Å². The molecule has 0 rings (SSSR count). The topological polar surface area (TPSA) is 75.9 Å². The first-order valence-electron chi connectivity index (χ1n) is 2.89. The maximum absolute atomic E-state index is 6.95. The van der Waals surface area contributed by atoms with E-state index in [1.807, 2.05) is 6.08 Å². The summed E-state index contributed by atoms with van der Waals surface area (Å²) in [6.45, 7) is 2.42. The van der Waals surface area contributed by atoms with E-state index in [9.17, 15) is 0 Å². The second-order valence-electron chi connectivity index (χ2n) is 1.88. The van der Waals surface area contributed by atoms with Gasteiger partial charge in [0, 0.05) is 0 Å². The molecular formula is C6H14ClN3.